The highest BCUT2D eigenvalue weighted by Gasteiger charge is 2.36. The third kappa shape index (κ3) is 2.93. The minimum absolute atomic E-state index is 0.453. The average molecular weight is 296 g/mol. The van der Waals surface area contributed by atoms with Crippen LogP contribution in [0.25, 0.3) is 0 Å². The third-order valence-electron chi connectivity index (χ3n) is 4.82. The molecule has 1 fully saturated rings. The summed E-state index contributed by atoms with van der Waals surface area (Å²) in [6, 6.07) is 0. The smallest absolute Gasteiger partial charge is 0.137 e. The van der Waals surface area contributed by atoms with Gasteiger partial charge in [0.1, 0.15) is 16.8 Å². The molecule has 1 aromatic rings. The van der Waals surface area contributed by atoms with Crippen LogP contribution in [0.1, 0.15) is 57.8 Å². The van der Waals surface area contributed by atoms with Crippen molar-refractivity contribution in [3.63, 3.8) is 0 Å². The fraction of sp³-hybridized carbons (Fsp3) is 0.750. The average Bonchev–Trinajstić information content (AvgIpc) is 2.88. The Labute approximate surface area is 127 Å². The fourth-order valence-electron chi connectivity index (χ4n) is 3.11. The molecule has 2 heterocycles. The van der Waals surface area contributed by atoms with Crippen LogP contribution in [0.15, 0.2) is 0 Å². The van der Waals surface area contributed by atoms with Crippen molar-refractivity contribution in [2.45, 2.75) is 59.8 Å². The van der Waals surface area contributed by atoms with Gasteiger partial charge in [0.15, 0.2) is 0 Å². The van der Waals surface area contributed by atoms with Crippen molar-refractivity contribution in [2.75, 3.05) is 18.0 Å². The second kappa shape index (κ2) is 6.30. The molecule has 0 amide bonds. The van der Waals surface area contributed by atoms with Crippen molar-refractivity contribution < 1.29 is 0 Å². The van der Waals surface area contributed by atoms with E-state index < -0.39 is 0 Å². The maximum atomic E-state index is 6.29. The van der Waals surface area contributed by atoms with Gasteiger partial charge >= 0.3 is 0 Å². The van der Waals surface area contributed by atoms with Crippen LogP contribution < -0.4 is 4.90 Å². The molecule has 1 saturated heterocycles. The summed E-state index contributed by atoms with van der Waals surface area (Å²) >= 11 is 6.29. The Morgan fingerprint density at radius 1 is 1.20 bits per heavy atom. The maximum absolute atomic E-state index is 6.29. The molecule has 0 atom stereocenters. The maximum Gasteiger partial charge on any atom is 0.137 e. The van der Waals surface area contributed by atoms with Crippen LogP contribution in [0.2, 0.25) is 5.15 Å². The minimum atomic E-state index is 0.453. The molecule has 1 aliphatic heterocycles. The highest BCUT2D eigenvalue weighted by molar-refractivity contribution is 6.30. The molecule has 0 saturated carbocycles. The number of aryl methyl sites for hydroxylation is 1. The van der Waals surface area contributed by atoms with Crippen molar-refractivity contribution in [2.24, 2.45) is 5.41 Å². The third-order valence-corrected chi connectivity index (χ3v) is 5.19. The summed E-state index contributed by atoms with van der Waals surface area (Å²) in [5, 5.41) is 0.615. The SMILES string of the molecule is CCCc1nc(Cl)c(C)c(N2CCC(CC)(CC)C2)n1. The van der Waals surface area contributed by atoms with Gasteiger partial charge in [0, 0.05) is 25.1 Å². The largest absolute Gasteiger partial charge is 0.356 e. The van der Waals surface area contributed by atoms with E-state index in [2.05, 4.69) is 30.7 Å². The van der Waals surface area contributed by atoms with E-state index in [1.807, 2.05) is 6.92 Å². The topological polar surface area (TPSA) is 29.0 Å². The lowest BCUT2D eigenvalue weighted by atomic mass is 9.82. The lowest BCUT2D eigenvalue weighted by Crippen LogP contribution is -2.27. The molecular formula is C16H26ClN3. The summed E-state index contributed by atoms with van der Waals surface area (Å²) < 4.78 is 0. The predicted molar refractivity (Wildman–Crippen MR) is 85.6 cm³/mol. The van der Waals surface area contributed by atoms with Crippen molar-refractivity contribution in [3.05, 3.63) is 16.5 Å². The number of hydrogen-bond acceptors (Lipinski definition) is 3. The summed E-state index contributed by atoms with van der Waals surface area (Å²) in [7, 11) is 0. The van der Waals surface area contributed by atoms with Gasteiger partial charge in [0.25, 0.3) is 0 Å². The van der Waals surface area contributed by atoms with Crippen LogP contribution in [0.3, 0.4) is 0 Å². The molecule has 0 bridgehead atoms. The van der Waals surface area contributed by atoms with Gasteiger partial charge in [-0.05, 0) is 38.0 Å². The lowest BCUT2D eigenvalue weighted by Gasteiger charge is -2.27. The van der Waals surface area contributed by atoms with Crippen molar-refractivity contribution >= 4 is 17.4 Å². The summed E-state index contributed by atoms with van der Waals surface area (Å²) in [4.78, 5) is 11.6. The zero-order valence-corrected chi connectivity index (χ0v) is 13.9. The van der Waals surface area contributed by atoms with Crippen LogP contribution >= 0.6 is 11.6 Å². The molecule has 112 valence electrons. The van der Waals surface area contributed by atoms with E-state index in [4.69, 9.17) is 16.6 Å². The van der Waals surface area contributed by atoms with Crippen molar-refractivity contribution in [1.29, 1.82) is 0 Å². The first-order valence-corrected chi connectivity index (χ1v) is 8.21. The monoisotopic (exact) mass is 295 g/mol. The molecule has 0 aromatic carbocycles. The van der Waals surface area contributed by atoms with Crippen molar-refractivity contribution in [1.82, 2.24) is 9.97 Å². The van der Waals surface area contributed by atoms with Gasteiger partial charge in [-0.1, -0.05) is 32.4 Å². The summed E-state index contributed by atoms with van der Waals surface area (Å²) in [6.07, 6.45) is 5.67. The Bertz CT molecular complexity index is 469. The highest BCUT2D eigenvalue weighted by atomic mass is 35.5. The molecule has 1 aliphatic rings. The van der Waals surface area contributed by atoms with E-state index >= 15 is 0 Å². The van der Waals surface area contributed by atoms with E-state index in [9.17, 15) is 0 Å². The normalized spacial score (nSPS) is 17.8. The van der Waals surface area contributed by atoms with Gasteiger partial charge in [0.2, 0.25) is 0 Å². The molecule has 0 N–H and O–H groups in total. The van der Waals surface area contributed by atoms with Gasteiger partial charge in [-0.2, -0.15) is 0 Å². The molecule has 20 heavy (non-hydrogen) atoms. The minimum Gasteiger partial charge on any atom is -0.356 e. The first kappa shape index (κ1) is 15.6. The van der Waals surface area contributed by atoms with Gasteiger partial charge in [0.05, 0.1) is 0 Å². The zero-order valence-electron chi connectivity index (χ0n) is 13.2. The Balaban J connectivity index is 2.29. The first-order chi connectivity index (χ1) is 9.55. The molecule has 1 aromatic heterocycles. The van der Waals surface area contributed by atoms with Gasteiger partial charge in [-0.3, -0.25) is 0 Å². The molecule has 0 aliphatic carbocycles. The molecule has 2 rings (SSSR count). The predicted octanol–water partition coefficient (Wildman–Crippen LogP) is 4.41. The van der Waals surface area contributed by atoms with Crippen LogP contribution in [-0.4, -0.2) is 23.1 Å². The number of halogens is 1. The van der Waals surface area contributed by atoms with E-state index in [0.29, 0.717) is 10.6 Å². The van der Waals surface area contributed by atoms with Gasteiger partial charge in [-0.25, -0.2) is 9.97 Å². The van der Waals surface area contributed by atoms with Gasteiger partial charge in [-0.15, -0.1) is 0 Å². The fourth-order valence-corrected chi connectivity index (χ4v) is 3.29. The number of aromatic nitrogens is 2. The van der Waals surface area contributed by atoms with Crippen molar-refractivity contribution in [3.8, 4) is 0 Å². The van der Waals surface area contributed by atoms with Crippen LogP contribution in [0.4, 0.5) is 5.82 Å². The Kier molecular flexibility index (Phi) is 4.90. The van der Waals surface area contributed by atoms with Crippen LogP contribution in [0.5, 0.6) is 0 Å². The Morgan fingerprint density at radius 2 is 1.90 bits per heavy atom. The van der Waals surface area contributed by atoms with E-state index in [1.165, 1.54) is 19.3 Å². The molecule has 3 nitrogen and oxygen atoms in total. The second-order valence-electron chi connectivity index (χ2n) is 6.01. The van der Waals surface area contributed by atoms with Crippen LogP contribution in [-0.2, 0) is 6.42 Å². The highest BCUT2D eigenvalue weighted by Crippen LogP contribution is 2.39. The van der Waals surface area contributed by atoms with E-state index in [-0.39, 0.29) is 0 Å². The van der Waals surface area contributed by atoms with Gasteiger partial charge < -0.3 is 4.90 Å². The second-order valence-corrected chi connectivity index (χ2v) is 6.37. The number of hydrogen-bond donors (Lipinski definition) is 0. The molecule has 0 unspecified atom stereocenters. The summed E-state index contributed by atoms with van der Waals surface area (Å²) in [5.74, 6) is 1.93. The van der Waals surface area contributed by atoms with E-state index in [1.54, 1.807) is 0 Å². The first-order valence-electron chi connectivity index (χ1n) is 7.83. The molecule has 0 spiro atoms. The standard InChI is InChI=1S/C16H26ClN3/c1-5-8-13-18-14(17)12(4)15(19-13)20-10-9-16(6-2,7-3)11-20/h5-11H2,1-4H3. The zero-order chi connectivity index (χ0) is 14.8. The number of nitrogens with zero attached hydrogens (tertiary/aromatic N) is 3. The van der Waals surface area contributed by atoms with Crippen LogP contribution in [0, 0.1) is 12.3 Å². The lowest BCUT2D eigenvalue weighted by molar-refractivity contribution is 0.301. The number of rotatable bonds is 5. The quantitative estimate of drug-likeness (QED) is 0.754. The van der Waals surface area contributed by atoms with E-state index in [0.717, 1.165) is 43.1 Å². The Hall–Kier alpha value is -0.830. The molecular weight excluding hydrogens is 270 g/mol. The summed E-state index contributed by atoms with van der Waals surface area (Å²) in [6.45, 7) is 11.0. The molecule has 4 heteroatoms. The number of anilines is 1. The Morgan fingerprint density at radius 3 is 2.45 bits per heavy atom. The molecule has 0 radical (unpaired) electrons. The summed E-state index contributed by atoms with van der Waals surface area (Å²) in [5.41, 5.74) is 1.48.